The molecule has 1 heterocycles. The van der Waals surface area contributed by atoms with Crippen molar-refractivity contribution in [2.45, 2.75) is 20.0 Å². The Bertz CT molecular complexity index is 537. The zero-order valence-corrected chi connectivity index (χ0v) is 9.70. The maximum atomic E-state index is 13.0. The van der Waals surface area contributed by atoms with Crippen molar-refractivity contribution in [1.29, 1.82) is 0 Å². The number of nitrogens with zero attached hydrogens (tertiary/aromatic N) is 2. The molecule has 0 bridgehead atoms. The first kappa shape index (κ1) is 12.5. The maximum Gasteiger partial charge on any atom is 0.319 e. The van der Waals surface area contributed by atoms with Crippen LogP contribution in [-0.2, 0) is 6.54 Å². The van der Waals surface area contributed by atoms with E-state index in [4.69, 9.17) is 0 Å². The second-order valence-corrected chi connectivity index (χ2v) is 3.85. The van der Waals surface area contributed by atoms with Crippen LogP contribution in [0.2, 0.25) is 0 Å². The molecule has 0 spiro atoms. The summed E-state index contributed by atoms with van der Waals surface area (Å²) in [5, 5.41) is 2.93. The van der Waals surface area contributed by atoms with Gasteiger partial charge in [0.15, 0.2) is 0 Å². The standard InChI is InChI=1S/C12H12F3N3/c1-8-6-9(2-3-10(8)13)17-7-11-16-4-5-18(11)12(14)15/h2-6,12,17H,7H2,1H3. The number of imidazole rings is 1. The van der Waals surface area contributed by atoms with E-state index in [1.54, 1.807) is 19.1 Å². The third-order valence-corrected chi connectivity index (χ3v) is 2.57. The molecule has 0 atom stereocenters. The van der Waals surface area contributed by atoms with E-state index in [1.807, 2.05) is 0 Å². The molecular weight excluding hydrogens is 243 g/mol. The minimum atomic E-state index is -2.61. The van der Waals surface area contributed by atoms with Crippen LogP contribution in [0.5, 0.6) is 0 Å². The number of rotatable bonds is 4. The summed E-state index contributed by atoms with van der Waals surface area (Å²) in [5.41, 5.74) is 1.16. The zero-order valence-electron chi connectivity index (χ0n) is 9.70. The van der Waals surface area contributed by atoms with Crippen LogP contribution in [0.1, 0.15) is 17.9 Å². The minimum Gasteiger partial charge on any atom is -0.378 e. The van der Waals surface area contributed by atoms with Crippen LogP contribution >= 0.6 is 0 Å². The molecule has 6 heteroatoms. The van der Waals surface area contributed by atoms with Gasteiger partial charge in [0, 0.05) is 18.1 Å². The molecule has 0 aliphatic heterocycles. The summed E-state index contributed by atoms with van der Waals surface area (Å²) in [7, 11) is 0. The fourth-order valence-corrected chi connectivity index (χ4v) is 1.59. The van der Waals surface area contributed by atoms with E-state index in [1.165, 1.54) is 18.5 Å². The summed E-state index contributed by atoms with van der Waals surface area (Å²) in [4.78, 5) is 3.84. The van der Waals surface area contributed by atoms with E-state index in [2.05, 4.69) is 10.3 Å². The number of benzene rings is 1. The third kappa shape index (κ3) is 2.64. The number of aromatic nitrogens is 2. The van der Waals surface area contributed by atoms with Gasteiger partial charge in [0.1, 0.15) is 11.6 Å². The summed E-state index contributed by atoms with van der Waals surface area (Å²) in [5.74, 6) is -0.0680. The Labute approximate surface area is 102 Å². The van der Waals surface area contributed by atoms with Crippen molar-refractivity contribution in [3.63, 3.8) is 0 Å². The zero-order chi connectivity index (χ0) is 13.1. The van der Waals surface area contributed by atoms with Crippen molar-refractivity contribution >= 4 is 5.69 Å². The lowest BCUT2D eigenvalue weighted by molar-refractivity contribution is 0.0673. The van der Waals surface area contributed by atoms with Crippen LogP contribution < -0.4 is 5.32 Å². The molecule has 1 aromatic heterocycles. The Hall–Kier alpha value is -1.98. The molecule has 3 nitrogen and oxygen atoms in total. The van der Waals surface area contributed by atoms with Gasteiger partial charge >= 0.3 is 6.55 Å². The van der Waals surface area contributed by atoms with Crippen LogP contribution in [-0.4, -0.2) is 9.55 Å². The van der Waals surface area contributed by atoms with Gasteiger partial charge in [0.2, 0.25) is 0 Å². The molecule has 1 aromatic carbocycles. The fourth-order valence-electron chi connectivity index (χ4n) is 1.59. The summed E-state index contributed by atoms with van der Waals surface area (Å²) >= 11 is 0. The monoisotopic (exact) mass is 255 g/mol. The quantitative estimate of drug-likeness (QED) is 0.908. The van der Waals surface area contributed by atoms with Crippen molar-refractivity contribution in [1.82, 2.24) is 9.55 Å². The number of hydrogen-bond acceptors (Lipinski definition) is 2. The molecule has 18 heavy (non-hydrogen) atoms. The van der Waals surface area contributed by atoms with Gasteiger partial charge in [0.25, 0.3) is 0 Å². The molecule has 0 radical (unpaired) electrons. The molecule has 0 aliphatic rings. The lowest BCUT2D eigenvalue weighted by Gasteiger charge is -2.09. The molecule has 0 saturated heterocycles. The summed E-state index contributed by atoms with van der Waals surface area (Å²) in [6.07, 6.45) is 2.54. The number of halogens is 3. The second-order valence-electron chi connectivity index (χ2n) is 3.85. The SMILES string of the molecule is Cc1cc(NCc2nccn2C(F)F)ccc1F. The molecule has 2 rings (SSSR count). The lowest BCUT2D eigenvalue weighted by atomic mass is 10.2. The van der Waals surface area contributed by atoms with E-state index in [-0.39, 0.29) is 18.2 Å². The normalized spacial score (nSPS) is 10.9. The highest BCUT2D eigenvalue weighted by molar-refractivity contribution is 5.45. The average Bonchev–Trinajstić information content (AvgIpc) is 2.79. The Morgan fingerprint density at radius 1 is 1.39 bits per heavy atom. The minimum absolute atomic E-state index is 0.155. The maximum absolute atomic E-state index is 13.0. The van der Waals surface area contributed by atoms with E-state index in [0.717, 1.165) is 4.57 Å². The number of nitrogens with one attached hydrogen (secondary N) is 1. The Balaban J connectivity index is 2.07. The van der Waals surface area contributed by atoms with E-state index < -0.39 is 6.55 Å². The highest BCUT2D eigenvalue weighted by atomic mass is 19.3. The van der Waals surface area contributed by atoms with E-state index >= 15 is 0 Å². The third-order valence-electron chi connectivity index (χ3n) is 2.57. The van der Waals surface area contributed by atoms with Crippen molar-refractivity contribution in [2.24, 2.45) is 0 Å². The van der Waals surface area contributed by atoms with E-state index in [0.29, 0.717) is 11.3 Å². The van der Waals surface area contributed by atoms with Gasteiger partial charge in [0.05, 0.1) is 6.54 Å². The van der Waals surface area contributed by atoms with Crippen molar-refractivity contribution in [3.05, 3.63) is 47.8 Å². The van der Waals surface area contributed by atoms with Gasteiger partial charge < -0.3 is 5.32 Å². The number of hydrogen-bond donors (Lipinski definition) is 1. The molecule has 1 N–H and O–H groups in total. The van der Waals surface area contributed by atoms with Crippen LogP contribution in [0, 0.1) is 12.7 Å². The van der Waals surface area contributed by atoms with Crippen LogP contribution in [0.4, 0.5) is 18.9 Å². The van der Waals surface area contributed by atoms with E-state index in [9.17, 15) is 13.2 Å². The predicted molar refractivity (Wildman–Crippen MR) is 61.9 cm³/mol. The average molecular weight is 255 g/mol. The largest absolute Gasteiger partial charge is 0.378 e. The van der Waals surface area contributed by atoms with Gasteiger partial charge in [-0.1, -0.05) is 0 Å². The van der Waals surface area contributed by atoms with Crippen molar-refractivity contribution in [2.75, 3.05) is 5.32 Å². The van der Waals surface area contributed by atoms with Crippen LogP contribution in [0.15, 0.2) is 30.6 Å². The highest BCUT2D eigenvalue weighted by Crippen LogP contribution is 2.16. The molecule has 2 aromatic rings. The Morgan fingerprint density at radius 3 is 2.83 bits per heavy atom. The predicted octanol–water partition coefficient (Wildman–Crippen LogP) is 3.34. The first-order chi connectivity index (χ1) is 8.58. The molecule has 0 fully saturated rings. The van der Waals surface area contributed by atoms with Crippen LogP contribution in [0.25, 0.3) is 0 Å². The lowest BCUT2D eigenvalue weighted by Crippen LogP contribution is -2.09. The molecule has 0 amide bonds. The summed E-state index contributed by atoms with van der Waals surface area (Å²) < 4.78 is 38.9. The Morgan fingerprint density at radius 2 is 2.17 bits per heavy atom. The first-order valence-corrected chi connectivity index (χ1v) is 5.38. The van der Waals surface area contributed by atoms with Crippen molar-refractivity contribution < 1.29 is 13.2 Å². The number of aryl methyl sites for hydroxylation is 1. The number of alkyl halides is 2. The first-order valence-electron chi connectivity index (χ1n) is 5.38. The van der Waals surface area contributed by atoms with Gasteiger partial charge in [-0.25, -0.2) is 9.37 Å². The van der Waals surface area contributed by atoms with Crippen LogP contribution in [0.3, 0.4) is 0 Å². The molecule has 96 valence electrons. The highest BCUT2D eigenvalue weighted by Gasteiger charge is 2.10. The molecule has 0 aliphatic carbocycles. The molecule has 0 saturated carbocycles. The molecule has 0 unspecified atom stereocenters. The fraction of sp³-hybridized carbons (Fsp3) is 0.250. The van der Waals surface area contributed by atoms with Crippen molar-refractivity contribution in [3.8, 4) is 0 Å². The number of anilines is 1. The smallest absolute Gasteiger partial charge is 0.319 e. The summed E-state index contributed by atoms with van der Waals surface area (Å²) in [6, 6.07) is 4.50. The van der Waals surface area contributed by atoms with Gasteiger partial charge in [-0.3, -0.25) is 4.57 Å². The van der Waals surface area contributed by atoms with Gasteiger partial charge in [-0.05, 0) is 30.7 Å². The summed E-state index contributed by atoms with van der Waals surface area (Å²) in [6.45, 7) is -0.817. The van der Waals surface area contributed by atoms with Gasteiger partial charge in [-0.2, -0.15) is 8.78 Å². The topological polar surface area (TPSA) is 29.9 Å². The Kier molecular flexibility index (Phi) is 3.55. The second kappa shape index (κ2) is 5.12. The molecular formula is C12H12F3N3. The van der Waals surface area contributed by atoms with Gasteiger partial charge in [-0.15, -0.1) is 0 Å².